The van der Waals surface area contributed by atoms with E-state index in [9.17, 15) is 0 Å². The normalized spacial score (nSPS) is 15.8. The Morgan fingerprint density at radius 3 is 1.56 bits per heavy atom. The molecule has 3 heteroatoms. The van der Waals surface area contributed by atoms with Crippen LogP contribution in [0.5, 0.6) is 0 Å². The second-order valence-electron chi connectivity index (χ2n) is 15.4. The van der Waals surface area contributed by atoms with Crippen LogP contribution in [-0.4, -0.2) is 4.57 Å². The van der Waals surface area contributed by atoms with Crippen LogP contribution in [0.15, 0.2) is 218 Å². The third-order valence-corrected chi connectivity index (χ3v) is 12.5. The predicted octanol–water partition coefficient (Wildman–Crippen LogP) is 14.6. The molecule has 2 aliphatic rings. The standard InChI is InChI=1S/C56H39N3/c1-57-53-30-16-13-26-47(53)48-27-17-31-54(55(48)57)59(40-22-9-4-10-23-40)42-33-35-46-44-25-12-15-29-50(44)56(52(46)37-42)49-28-14-11-24-43(49)45-34-32-41(36-51(45)56)58(38-18-5-2-6-19-38)39-20-7-3-8-21-39/h2-37H,1H3/i2D,5D,6D,18D,19D. The number of hydrogen-bond acceptors (Lipinski definition) is 2. The zero-order chi connectivity index (χ0) is 43.4. The fourth-order valence-corrected chi connectivity index (χ4v) is 10.1. The minimum atomic E-state index is -0.764. The highest BCUT2D eigenvalue weighted by Gasteiger charge is 2.52. The van der Waals surface area contributed by atoms with E-state index in [1.54, 1.807) is 0 Å². The molecule has 0 saturated heterocycles. The first-order valence-corrected chi connectivity index (χ1v) is 20.0. The molecule has 0 radical (unpaired) electrons. The van der Waals surface area contributed by atoms with E-state index in [-0.39, 0.29) is 29.9 Å². The SMILES string of the molecule is [2H]c1c([2H])c([2H])c(N(c2ccccc2)c2ccc3c(c2)C2(c4ccccc4-3)c3ccccc3-c3ccc(N(c4ccccc4)c4cccc5c6ccccc6n(C)c45)cc32)c([2H])c1[2H]. The second-order valence-corrected chi connectivity index (χ2v) is 15.4. The molecular formula is C56H39N3. The van der Waals surface area contributed by atoms with Gasteiger partial charge in [0.25, 0.3) is 0 Å². The Hall–Kier alpha value is -7.62. The molecule has 278 valence electrons. The number of hydrogen-bond donors (Lipinski definition) is 0. The molecule has 0 saturated carbocycles. The summed E-state index contributed by atoms with van der Waals surface area (Å²) in [6.45, 7) is 0. The fraction of sp³-hybridized carbons (Fsp3) is 0.0357. The number of aromatic nitrogens is 1. The van der Waals surface area contributed by atoms with Gasteiger partial charge in [-0.3, -0.25) is 0 Å². The number of nitrogens with zero attached hydrogens (tertiary/aromatic N) is 3. The van der Waals surface area contributed by atoms with Gasteiger partial charge in [0.2, 0.25) is 0 Å². The van der Waals surface area contributed by atoms with Gasteiger partial charge in [0.15, 0.2) is 0 Å². The smallest absolute Gasteiger partial charge is 0.0733 e. The van der Waals surface area contributed by atoms with Crippen LogP contribution < -0.4 is 9.80 Å². The molecule has 1 unspecified atom stereocenters. The van der Waals surface area contributed by atoms with E-state index in [1.807, 2.05) is 41.3 Å². The largest absolute Gasteiger partial charge is 0.342 e. The molecule has 3 nitrogen and oxygen atoms in total. The van der Waals surface area contributed by atoms with Gasteiger partial charge in [0.05, 0.1) is 23.5 Å². The quantitative estimate of drug-likeness (QED) is 0.167. The summed E-state index contributed by atoms with van der Waals surface area (Å²) in [7, 11) is 2.15. The lowest BCUT2D eigenvalue weighted by molar-refractivity contribution is 0.793. The van der Waals surface area contributed by atoms with Crippen LogP contribution in [0.25, 0.3) is 44.1 Å². The van der Waals surface area contributed by atoms with Crippen molar-refractivity contribution in [1.82, 2.24) is 4.57 Å². The molecule has 1 atom stereocenters. The van der Waals surface area contributed by atoms with Gasteiger partial charge in [-0.05, 0) is 117 Å². The summed E-state index contributed by atoms with van der Waals surface area (Å²) in [6.07, 6.45) is 0. The van der Waals surface area contributed by atoms with Gasteiger partial charge in [-0.25, -0.2) is 0 Å². The molecule has 12 rings (SSSR count). The van der Waals surface area contributed by atoms with E-state index < -0.39 is 11.5 Å². The van der Waals surface area contributed by atoms with Crippen molar-refractivity contribution in [1.29, 1.82) is 0 Å². The molecule has 1 spiro atoms. The Kier molecular flexibility index (Phi) is 6.31. The van der Waals surface area contributed by atoms with Crippen LogP contribution in [0.1, 0.15) is 29.1 Å². The Labute approximate surface area is 351 Å². The lowest BCUT2D eigenvalue weighted by Crippen LogP contribution is -2.26. The number of anilines is 6. The van der Waals surface area contributed by atoms with Crippen LogP contribution in [-0.2, 0) is 12.5 Å². The van der Waals surface area contributed by atoms with E-state index in [0.29, 0.717) is 11.4 Å². The molecule has 1 aromatic heterocycles. The monoisotopic (exact) mass is 758 g/mol. The fourth-order valence-electron chi connectivity index (χ4n) is 10.1. The van der Waals surface area contributed by atoms with Gasteiger partial charge < -0.3 is 14.4 Å². The maximum Gasteiger partial charge on any atom is 0.0733 e. The molecule has 9 aromatic carbocycles. The summed E-state index contributed by atoms with van der Waals surface area (Å²) in [5.41, 5.74) is 15.2. The van der Waals surface area contributed by atoms with Gasteiger partial charge >= 0.3 is 0 Å². The number of benzene rings is 9. The summed E-state index contributed by atoms with van der Waals surface area (Å²) >= 11 is 0. The maximum absolute atomic E-state index is 9.16. The summed E-state index contributed by atoms with van der Waals surface area (Å²) in [6, 6.07) is 64.2. The van der Waals surface area contributed by atoms with Crippen LogP contribution >= 0.6 is 0 Å². The van der Waals surface area contributed by atoms with Crippen molar-refractivity contribution in [2.24, 2.45) is 7.05 Å². The number of aryl methyl sites for hydroxylation is 1. The Morgan fingerprint density at radius 2 is 0.915 bits per heavy atom. The van der Waals surface area contributed by atoms with Crippen molar-refractivity contribution in [3.8, 4) is 22.3 Å². The predicted molar refractivity (Wildman–Crippen MR) is 246 cm³/mol. The first-order valence-electron chi connectivity index (χ1n) is 22.5. The summed E-state index contributed by atoms with van der Waals surface area (Å²) in [5.74, 6) is 0. The molecule has 0 fully saturated rings. The number of rotatable bonds is 6. The van der Waals surface area contributed by atoms with Gasteiger partial charge in [0, 0.05) is 51.8 Å². The first kappa shape index (κ1) is 28.7. The van der Waals surface area contributed by atoms with Crippen LogP contribution in [0.4, 0.5) is 34.1 Å². The third kappa shape index (κ3) is 4.76. The maximum atomic E-state index is 9.16. The van der Waals surface area contributed by atoms with Crippen molar-refractivity contribution < 1.29 is 6.85 Å². The second kappa shape index (κ2) is 13.0. The summed E-state index contributed by atoms with van der Waals surface area (Å²) in [5, 5.41) is 2.40. The molecule has 59 heavy (non-hydrogen) atoms. The zero-order valence-electron chi connectivity index (χ0n) is 37.2. The minimum Gasteiger partial charge on any atom is -0.342 e. The van der Waals surface area contributed by atoms with E-state index in [4.69, 9.17) is 6.85 Å². The Morgan fingerprint density at radius 1 is 0.407 bits per heavy atom. The van der Waals surface area contributed by atoms with E-state index in [1.165, 1.54) is 27.4 Å². The molecule has 0 amide bonds. The molecular weight excluding hydrogens is 715 g/mol. The van der Waals surface area contributed by atoms with Gasteiger partial charge in [-0.2, -0.15) is 0 Å². The highest BCUT2D eigenvalue weighted by atomic mass is 15.2. The average molecular weight is 759 g/mol. The average Bonchev–Trinajstić information content (AvgIpc) is 3.93. The zero-order valence-corrected chi connectivity index (χ0v) is 32.2. The van der Waals surface area contributed by atoms with Crippen molar-refractivity contribution in [3.63, 3.8) is 0 Å². The lowest BCUT2D eigenvalue weighted by atomic mass is 9.70. The van der Waals surface area contributed by atoms with Crippen molar-refractivity contribution in [2.75, 3.05) is 9.80 Å². The van der Waals surface area contributed by atoms with Crippen LogP contribution in [0.2, 0.25) is 0 Å². The number of fused-ring (bicyclic) bond motifs is 13. The molecule has 10 aromatic rings. The van der Waals surface area contributed by atoms with E-state index in [2.05, 4.69) is 168 Å². The Bertz CT molecular complexity index is 3510. The van der Waals surface area contributed by atoms with E-state index in [0.717, 1.165) is 56.0 Å². The van der Waals surface area contributed by atoms with Crippen LogP contribution in [0, 0.1) is 0 Å². The summed E-state index contributed by atoms with van der Waals surface area (Å²) < 4.78 is 46.4. The molecule has 0 aliphatic heterocycles. The molecule has 1 heterocycles. The Balaban J connectivity index is 1.15. The van der Waals surface area contributed by atoms with Crippen molar-refractivity contribution in [2.45, 2.75) is 5.41 Å². The summed E-state index contributed by atoms with van der Waals surface area (Å²) in [4.78, 5) is 4.20. The van der Waals surface area contributed by atoms with Gasteiger partial charge in [0.1, 0.15) is 0 Å². The van der Waals surface area contributed by atoms with Crippen LogP contribution in [0.3, 0.4) is 0 Å². The van der Waals surface area contributed by atoms with Crippen molar-refractivity contribution in [3.05, 3.63) is 241 Å². The lowest BCUT2D eigenvalue weighted by Gasteiger charge is -2.33. The van der Waals surface area contributed by atoms with Gasteiger partial charge in [-0.1, -0.05) is 146 Å². The first-order chi connectivity index (χ1) is 31.3. The van der Waals surface area contributed by atoms with Gasteiger partial charge in [-0.15, -0.1) is 0 Å². The van der Waals surface area contributed by atoms with E-state index >= 15 is 0 Å². The minimum absolute atomic E-state index is 0.0947. The third-order valence-electron chi connectivity index (χ3n) is 12.5. The van der Waals surface area contributed by atoms with Crippen molar-refractivity contribution >= 4 is 55.9 Å². The highest BCUT2D eigenvalue weighted by Crippen LogP contribution is 2.64. The molecule has 0 bridgehead atoms. The molecule has 2 aliphatic carbocycles. The topological polar surface area (TPSA) is 11.4 Å². The highest BCUT2D eigenvalue weighted by molar-refractivity contribution is 6.13. The number of para-hydroxylation sites is 5. The molecule has 0 N–H and O–H groups in total.